The summed E-state index contributed by atoms with van der Waals surface area (Å²) in [5.74, 6) is 0.557. The molecule has 0 aromatic heterocycles. The van der Waals surface area contributed by atoms with Gasteiger partial charge in [-0.2, -0.15) is 0 Å². The first-order valence-corrected chi connectivity index (χ1v) is 16.3. The summed E-state index contributed by atoms with van der Waals surface area (Å²) in [5.41, 5.74) is 5.37. The summed E-state index contributed by atoms with van der Waals surface area (Å²) in [6.07, 6.45) is 3.52. The number of rotatable bonds is 4. The standard InChI is InChI=1S/C23H29N3O2.2ClH.Zr/c1-14-6-16(3)22(27)18(8-14)10-24-20-12-26(5)13-21(20)25-11-19-9-15(2)7-17(4)23(19)28;;;/h6-11,20-21,27-28H,12-13H2,1-5H3;2*1H;/q;;;+2/p-2/t20-,21-;;;/m1.../s1. The zero-order valence-corrected chi connectivity index (χ0v) is 22.5. The van der Waals surface area contributed by atoms with Gasteiger partial charge in [-0.15, -0.1) is 0 Å². The van der Waals surface area contributed by atoms with Crippen LogP contribution in [0.3, 0.4) is 0 Å². The van der Waals surface area contributed by atoms with Gasteiger partial charge in [-0.25, -0.2) is 0 Å². The van der Waals surface area contributed by atoms with E-state index in [4.69, 9.17) is 27.0 Å². The number of phenols is 2. The molecule has 1 aliphatic heterocycles. The molecule has 2 N–H and O–H groups in total. The van der Waals surface area contributed by atoms with Gasteiger partial charge in [0.2, 0.25) is 0 Å². The Balaban J connectivity index is 0.00000107. The molecule has 8 heteroatoms. The second-order valence-corrected chi connectivity index (χ2v) is 11.8. The number of hydrogen-bond donors (Lipinski definition) is 2. The van der Waals surface area contributed by atoms with E-state index in [1.165, 1.54) is 0 Å². The van der Waals surface area contributed by atoms with Crippen LogP contribution in [0, 0.1) is 27.7 Å². The second kappa shape index (κ2) is 12.2. The zero-order chi connectivity index (χ0) is 23.1. The third kappa shape index (κ3) is 7.42. The average molecular weight is 542 g/mol. The van der Waals surface area contributed by atoms with Crippen LogP contribution in [-0.2, 0) is 20.8 Å². The SMILES string of the molecule is Cc1cc(C)c(O)c(C=N[C@@H]2CN(C)C[C@H]2N=Cc2cc(C)cc(C)c2O)c1.[Cl][Zr][Cl]. The number of phenolic OH excluding ortho intramolecular Hbond substituents is 2. The van der Waals surface area contributed by atoms with Crippen LogP contribution in [0.25, 0.3) is 0 Å². The van der Waals surface area contributed by atoms with Crippen molar-refractivity contribution in [3.8, 4) is 11.5 Å². The van der Waals surface area contributed by atoms with Gasteiger partial charge in [0.15, 0.2) is 0 Å². The van der Waals surface area contributed by atoms with Gasteiger partial charge in [0.1, 0.15) is 11.5 Å². The van der Waals surface area contributed by atoms with Crippen LogP contribution in [-0.4, -0.2) is 59.8 Å². The molecule has 0 bridgehead atoms. The molecule has 2 aromatic carbocycles. The molecule has 3 rings (SSSR count). The van der Waals surface area contributed by atoms with Gasteiger partial charge in [-0.05, 0) is 69.1 Å². The molecule has 1 saturated heterocycles. The first-order valence-electron chi connectivity index (χ1n) is 9.97. The van der Waals surface area contributed by atoms with Crippen LogP contribution in [0.15, 0.2) is 34.3 Å². The quantitative estimate of drug-likeness (QED) is 0.540. The van der Waals surface area contributed by atoms with Crippen LogP contribution < -0.4 is 0 Å². The third-order valence-electron chi connectivity index (χ3n) is 5.20. The van der Waals surface area contributed by atoms with E-state index in [0.29, 0.717) is 0 Å². The van der Waals surface area contributed by atoms with Gasteiger partial charge in [-0.3, -0.25) is 9.98 Å². The van der Waals surface area contributed by atoms with Gasteiger partial charge in [0.25, 0.3) is 0 Å². The fourth-order valence-electron chi connectivity index (χ4n) is 3.78. The van der Waals surface area contributed by atoms with Crippen molar-refractivity contribution in [3.05, 3.63) is 57.6 Å². The van der Waals surface area contributed by atoms with E-state index in [2.05, 4.69) is 11.9 Å². The van der Waals surface area contributed by atoms with E-state index >= 15 is 0 Å². The molecular formula is C23H29Cl2N3O2Zr. The van der Waals surface area contributed by atoms with Gasteiger partial charge >= 0.3 is 37.9 Å². The number of aliphatic imine (C=N–C) groups is 2. The van der Waals surface area contributed by atoms with Crippen molar-refractivity contribution in [1.29, 1.82) is 0 Å². The Bertz CT molecular complexity index is 891. The molecule has 31 heavy (non-hydrogen) atoms. The molecule has 1 heterocycles. The molecule has 0 radical (unpaired) electrons. The summed E-state index contributed by atoms with van der Waals surface area (Å²) in [6.45, 7) is 9.43. The van der Waals surface area contributed by atoms with Crippen LogP contribution in [0.5, 0.6) is 11.5 Å². The second-order valence-electron chi connectivity index (χ2n) is 8.02. The number of likely N-dealkylation sites (tertiary alicyclic amines) is 1. The average Bonchev–Trinajstić information content (AvgIpc) is 3.05. The van der Waals surface area contributed by atoms with Crippen molar-refractivity contribution in [1.82, 2.24) is 4.90 Å². The predicted octanol–water partition coefficient (Wildman–Crippen LogP) is 4.93. The number of aryl methyl sites for hydroxylation is 4. The number of benzene rings is 2. The van der Waals surface area contributed by atoms with Crippen molar-refractivity contribution in [2.75, 3.05) is 20.1 Å². The van der Waals surface area contributed by atoms with Crippen LogP contribution >= 0.6 is 17.0 Å². The summed E-state index contributed by atoms with van der Waals surface area (Å²) in [4.78, 5) is 11.7. The molecule has 0 amide bonds. The molecule has 1 fully saturated rings. The third-order valence-corrected chi connectivity index (χ3v) is 5.20. The first kappa shape index (κ1) is 26.1. The summed E-state index contributed by atoms with van der Waals surface area (Å²) in [5, 5.41) is 20.6. The number of nitrogens with zero attached hydrogens (tertiary/aromatic N) is 3. The maximum atomic E-state index is 10.3. The monoisotopic (exact) mass is 539 g/mol. The van der Waals surface area contributed by atoms with Gasteiger partial charge in [-0.1, -0.05) is 12.1 Å². The van der Waals surface area contributed by atoms with Crippen molar-refractivity contribution in [2.24, 2.45) is 9.98 Å². The molecule has 1 aliphatic rings. The summed E-state index contributed by atoms with van der Waals surface area (Å²) < 4.78 is 0. The Hall–Kier alpha value is -1.20. The summed E-state index contributed by atoms with van der Waals surface area (Å²) in [6, 6.07) is 7.81. The van der Waals surface area contributed by atoms with Crippen molar-refractivity contribution in [3.63, 3.8) is 0 Å². The number of likely N-dealkylation sites (N-methyl/N-ethyl adjacent to an activating group) is 1. The first-order chi connectivity index (χ1) is 14.7. The molecule has 166 valence electrons. The number of halogens is 2. The Morgan fingerprint density at radius 3 is 1.55 bits per heavy atom. The summed E-state index contributed by atoms with van der Waals surface area (Å²) >= 11 is -0.826. The Morgan fingerprint density at radius 1 is 0.839 bits per heavy atom. The van der Waals surface area contributed by atoms with E-state index < -0.39 is 20.8 Å². The summed E-state index contributed by atoms with van der Waals surface area (Å²) in [7, 11) is 11.9. The Kier molecular flexibility index (Phi) is 10.2. The van der Waals surface area contributed by atoms with E-state index in [9.17, 15) is 10.2 Å². The Morgan fingerprint density at radius 2 is 1.19 bits per heavy atom. The van der Waals surface area contributed by atoms with Crippen LogP contribution in [0.4, 0.5) is 0 Å². The van der Waals surface area contributed by atoms with Crippen LogP contribution in [0.2, 0.25) is 0 Å². The fourth-order valence-corrected chi connectivity index (χ4v) is 3.78. The van der Waals surface area contributed by atoms with E-state index in [1.807, 2.05) is 52.0 Å². The molecule has 0 saturated carbocycles. The molecule has 2 aromatic rings. The molecule has 0 spiro atoms. The fraction of sp³-hybridized carbons (Fsp3) is 0.391. The van der Waals surface area contributed by atoms with Gasteiger partial charge in [0, 0.05) is 36.6 Å². The van der Waals surface area contributed by atoms with Crippen molar-refractivity contribution in [2.45, 2.75) is 39.8 Å². The number of aromatic hydroxyl groups is 2. The van der Waals surface area contributed by atoms with E-state index in [0.717, 1.165) is 46.5 Å². The normalized spacial score (nSPS) is 19.1. The molecule has 0 aliphatic carbocycles. The minimum absolute atomic E-state index is 0.00881. The maximum absolute atomic E-state index is 10.3. The van der Waals surface area contributed by atoms with E-state index in [1.54, 1.807) is 12.4 Å². The molecular weight excluding hydrogens is 512 g/mol. The topological polar surface area (TPSA) is 68.4 Å². The predicted molar refractivity (Wildman–Crippen MR) is 127 cm³/mol. The van der Waals surface area contributed by atoms with Crippen molar-refractivity contribution < 1.29 is 31.1 Å². The van der Waals surface area contributed by atoms with E-state index in [-0.39, 0.29) is 23.6 Å². The van der Waals surface area contributed by atoms with Crippen molar-refractivity contribution >= 4 is 29.5 Å². The van der Waals surface area contributed by atoms with Gasteiger partial charge < -0.3 is 15.1 Å². The van der Waals surface area contributed by atoms with Gasteiger partial charge in [0.05, 0.1) is 12.1 Å². The molecule has 0 unspecified atom stereocenters. The zero-order valence-electron chi connectivity index (χ0n) is 18.5. The molecule has 5 nitrogen and oxygen atoms in total. The van der Waals surface area contributed by atoms with Crippen LogP contribution in [0.1, 0.15) is 33.4 Å². The number of hydrogen-bond acceptors (Lipinski definition) is 5. The minimum atomic E-state index is -0.826. The Labute approximate surface area is 203 Å². The molecule has 2 atom stereocenters.